The predicted molar refractivity (Wildman–Crippen MR) is 48.0 cm³/mol. The van der Waals surface area contributed by atoms with Crippen LogP contribution >= 0.6 is 0 Å². The lowest BCUT2D eigenvalue weighted by atomic mass is 9.90. The molecule has 1 unspecified atom stereocenters. The first-order valence-electron chi connectivity index (χ1n) is 4.97. The fraction of sp³-hybridized carbons (Fsp3) is 0.900. The SMILES string of the molecule is CC(=O)C1CNC2(CCCC2)C1. The fourth-order valence-electron chi connectivity index (χ4n) is 2.68. The van der Waals surface area contributed by atoms with Gasteiger partial charge in [0, 0.05) is 18.0 Å². The largest absolute Gasteiger partial charge is 0.310 e. The van der Waals surface area contributed by atoms with Crippen LogP contribution in [0.2, 0.25) is 0 Å². The second-order valence-corrected chi connectivity index (χ2v) is 4.38. The smallest absolute Gasteiger partial charge is 0.134 e. The predicted octanol–water partition coefficient (Wildman–Crippen LogP) is 1.50. The zero-order valence-corrected chi connectivity index (χ0v) is 7.73. The first-order chi connectivity index (χ1) is 5.72. The van der Waals surface area contributed by atoms with E-state index < -0.39 is 0 Å². The Kier molecular flexibility index (Phi) is 1.95. The molecule has 2 rings (SSSR count). The lowest BCUT2D eigenvalue weighted by molar-refractivity contribution is -0.120. The average Bonchev–Trinajstić information content (AvgIpc) is 2.62. The van der Waals surface area contributed by atoms with Gasteiger partial charge in [-0.2, -0.15) is 0 Å². The van der Waals surface area contributed by atoms with Crippen molar-refractivity contribution in [3.05, 3.63) is 0 Å². The van der Waals surface area contributed by atoms with Crippen LogP contribution in [0.1, 0.15) is 39.0 Å². The molecule has 12 heavy (non-hydrogen) atoms. The Morgan fingerprint density at radius 1 is 1.42 bits per heavy atom. The second kappa shape index (κ2) is 2.84. The van der Waals surface area contributed by atoms with Gasteiger partial charge in [-0.3, -0.25) is 4.79 Å². The van der Waals surface area contributed by atoms with Crippen LogP contribution < -0.4 is 5.32 Å². The number of ketones is 1. The molecule has 1 saturated carbocycles. The molecule has 1 N–H and O–H groups in total. The zero-order valence-electron chi connectivity index (χ0n) is 7.73. The Balaban J connectivity index is 2.01. The number of hydrogen-bond acceptors (Lipinski definition) is 2. The second-order valence-electron chi connectivity index (χ2n) is 4.38. The third-order valence-corrected chi connectivity index (χ3v) is 3.50. The zero-order chi connectivity index (χ0) is 8.60. The van der Waals surface area contributed by atoms with Gasteiger partial charge in [-0.15, -0.1) is 0 Å². The molecule has 1 saturated heterocycles. The van der Waals surface area contributed by atoms with Gasteiger partial charge in [0.05, 0.1) is 0 Å². The van der Waals surface area contributed by atoms with Crippen LogP contribution in [0.25, 0.3) is 0 Å². The summed E-state index contributed by atoms with van der Waals surface area (Å²) in [5, 5.41) is 3.54. The number of Topliss-reactive ketones (excluding diaryl/α,β-unsaturated/α-hetero) is 1. The molecule has 1 atom stereocenters. The van der Waals surface area contributed by atoms with Crippen molar-refractivity contribution in [1.29, 1.82) is 0 Å². The molecule has 2 fully saturated rings. The van der Waals surface area contributed by atoms with Crippen LogP contribution in [0.15, 0.2) is 0 Å². The minimum Gasteiger partial charge on any atom is -0.310 e. The molecule has 2 aliphatic rings. The van der Waals surface area contributed by atoms with Crippen molar-refractivity contribution in [2.24, 2.45) is 5.92 Å². The lowest BCUT2D eigenvalue weighted by Crippen LogP contribution is -2.35. The summed E-state index contributed by atoms with van der Waals surface area (Å²) in [4.78, 5) is 11.1. The summed E-state index contributed by atoms with van der Waals surface area (Å²) in [6.45, 7) is 2.65. The quantitative estimate of drug-likeness (QED) is 0.641. The van der Waals surface area contributed by atoms with Crippen molar-refractivity contribution in [2.45, 2.75) is 44.6 Å². The van der Waals surface area contributed by atoms with Gasteiger partial charge >= 0.3 is 0 Å². The standard InChI is InChI=1S/C10H17NO/c1-8(12)9-6-10(11-7-9)4-2-3-5-10/h9,11H,2-7H2,1H3. The lowest BCUT2D eigenvalue weighted by Gasteiger charge is -2.22. The number of carbonyl (C=O) groups is 1. The van der Waals surface area contributed by atoms with E-state index in [0.29, 0.717) is 17.2 Å². The summed E-state index contributed by atoms with van der Waals surface area (Å²) >= 11 is 0. The van der Waals surface area contributed by atoms with Crippen LogP contribution in [0.4, 0.5) is 0 Å². The van der Waals surface area contributed by atoms with E-state index >= 15 is 0 Å². The molecular weight excluding hydrogens is 150 g/mol. The van der Waals surface area contributed by atoms with Gasteiger partial charge in [-0.1, -0.05) is 12.8 Å². The normalized spacial score (nSPS) is 32.9. The summed E-state index contributed by atoms with van der Waals surface area (Å²) in [7, 11) is 0. The van der Waals surface area contributed by atoms with Gasteiger partial charge < -0.3 is 5.32 Å². The van der Waals surface area contributed by atoms with Crippen molar-refractivity contribution in [3.8, 4) is 0 Å². The van der Waals surface area contributed by atoms with E-state index in [-0.39, 0.29) is 0 Å². The van der Waals surface area contributed by atoms with E-state index in [0.717, 1.165) is 13.0 Å². The van der Waals surface area contributed by atoms with E-state index in [4.69, 9.17) is 0 Å². The van der Waals surface area contributed by atoms with Crippen molar-refractivity contribution < 1.29 is 4.79 Å². The number of rotatable bonds is 1. The summed E-state index contributed by atoms with van der Waals surface area (Å²) in [5.74, 6) is 0.675. The highest BCUT2D eigenvalue weighted by molar-refractivity contribution is 5.79. The van der Waals surface area contributed by atoms with Crippen molar-refractivity contribution in [2.75, 3.05) is 6.54 Å². The Morgan fingerprint density at radius 2 is 2.08 bits per heavy atom. The molecule has 0 bridgehead atoms. The number of carbonyl (C=O) groups excluding carboxylic acids is 1. The Morgan fingerprint density at radius 3 is 2.58 bits per heavy atom. The third kappa shape index (κ3) is 1.28. The van der Waals surface area contributed by atoms with Gasteiger partial charge in [-0.05, 0) is 26.2 Å². The number of hydrogen-bond donors (Lipinski definition) is 1. The first kappa shape index (κ1) is 8.24. The van der Waals surface area contributed by atoms with Gasteiger partial charge in [0.2, 0.25) is 0 Å². The monoisotopic (exact) mass is 167 g/mol. The van der Waals surface area contributed by atoms with Crippen molar-refractivity contribution in [1.82, 2.24) is 5.32 Å². The molecule has 0 aromatic rings. The van der Waals surface area contributed by atoms with Crippen molar-refractivity contribution >= 4 is 5.78 Å². The maximum atomic E-state index is 11.1. The van der Waals surface area contributed by atoms with Crippen LogP contribution in [0.5, 0.6) is 0 Å². The van der Waals surface area contributed by atoms with E-state index in [1.54, 1.807) is 6.92 Å². The Hall–Kier alpha value is -0.370. The molecule has 1 aliphatic heterocycles. The summed E-state index contributed by atoms with van der Waals surface area (Å²) in [5.41, 5.74) is 0.371. The Labute approximate surface area is 73.7 Å². The molecule has 1 heterocycles. The van der Waals surface area contributed by atoms with Crippen LogP contribution in [-0.2, 0) is 4.79 Å². The first-order valence-corrected chi connectivity index (χ1v) is 4.97. The van der Waals surface area contributed by atoms with E-state index in [9.17, 15) is 4.79 Å². The summed E-state index contributed by atoms with van der Waals surface area (Å²) < 4.78 is 0. The maximum absolute atomic E-state index is 11.1. The van der Waals surface area contributed by atoms with E-state index in [1.165, 1.54) is 25.7 Å². The van der Waals surface area contributed by atoms with Crippen molar-refractivity contribution in [3.63, 3.8) is 0 Å². The maximum Gasteiger partial charge on any atom is 0.134 e. The molecule has 1 spiro atoms. The average molecular weight is 167 g/mol. The van der Waals surface area contributed by atoms with Gasteiger partial charge in [0.25, 0.3) is 0 Å². The van der Waals surface area contributed by atoms with Crippen LogP contribution in [0.3, 0.4) is 0 Å². The molecule has 0 radical (unpaired) electrons. The summed E-state index contributed by atoms with van der Waals surface area (Å²) in [6.07, 6.45) is 6.37. The molecule has 0 amide bonds. The molecule has 0 aromatic carbocycles. The third-order valence-electron chi connectivity index (χ3n) is 3.50. The molecule has 2 nitrogen and oxygen atoms in total. The molecule has 0 aromatic heterocycles. The minimum absolute atomic E-state index is 0.308. The highest BCUT2D eigenvalue weighted by Crippen LogP contribution is 2.38. The van der Waals surface area contributed by atoms with E-state index in [2.05, 4.69) is 5.32 Å². The van der Waals surface area contributed by atoms with Gasteiger partial charge in [0.15, 0.2) is 0 Å². The molecule has 1 aliphatic carbocycles. The molecular formula is C10H17NO. The summed E-state index contributed by atoms with van der Waals surface area (Å²) in [6, 6.07) is 0. The van der Waals surface area contributed by atoms with Gasteiger partial charge in [0.1, 0.15) is 5.78 Å². The minimum atomic E-state index is 0.308. The fourth-order valence-corrected chi connectivity index (χ4v) is 2.68. The van der Waals surface area contributed by atoms with Gasteiger partial charge in [-0.25, -0.2) is 0 Å². The number of nitrogens with one attached hydrogen (secondary N) is 1. The van der Waals surface area contributed by atoms with E-state index in [1.807, 2.05) is 0 Å². The molecule has 68 valence electrons. The molecule has 2 heteroatoms. The highest BCUT2D eigenvalue weighted by atomic mass is 16.1. The topological polar surface area (TPSA) is 29.1 Å². The highest BCUT2D eigenvalue weighted by Gasteiger charge is 2.41. The van der Waals surface area contributed by atoms with Crippen LogP contribution in [-0.4, -0.2) is 17.9 Å². The Bertz CT molecular complexity index is 194. The van der Waals surface area contributed by atoms with Crippen LogP contribution in [0, 0.1) is 5.92 Å².